The monoisotopic (exact) mass is 312 g/mol. The lowest BCUT2D eigenvalue weighted by molar-refractivity contribution is -0.150. The van der Waals surface area contributed by atoms with Crippen LogP contribution in [0.2, 0.25) is 0 Å². The third kappa shape index (κ3) is 4.87. The normalized spacial score (nSPS) is 14.7. The van der Waals surface area contributed by atoms with Crippen LogP contribution in [0.5, 0.6) is 0 Å². The van der Waals surface area contributed by atoms with Crippen LogP contribution in [0, 0.1) is 0 Å². The van der Waals surface area contributed by atoms with Crippen LogP contribution in [-0.2, 0) is 4.79 Å². The summed E-state index contributed by atoms with van der Waals surface area (Å²) in [6.45, 7) is 4.46. The van der Waals surface area contributed by atoms with Gasteiger partial charge in [0.25, 0.3) is 6.43 Å². The van der Waals surface area contributed by atoms with E-state index in [0.717, 1.165) is 5.56 Å². The predicted molar refractivity (Wildman–Crippen MR) is 82.8 cm³/mol. The van der Waals surface area contributed by atoms with Gasteiger partial charge < -0.3 is 10.8 Å². The van der Waals surface area contributed by atoms with Crippen LogP contribution in [0.4, 0.5) is 8.78 Å². The second-order valence-electron chi connectivity index (χ2n) is 5.61. The Morgan fingerprint density at radius 3 is 2.41 bits per heavy atom. The summed E-state index contributed by atoms with van der Waals surface area (Å²) in [5.74, 6) is -1.23. The molecule has 1 atom stereocenters. The van der Waals surface area contributed by atoms with Crippen LogP contribution in [0.1, 0.15) is 43.7 Å². The molecule has 0 saturated heterocycles. The number of hydrogen-bond donors (Lipinski definition) is 2. The molecule has 1 rings (SSSR count). The van der Waals surface area contributed by atoms with Crippen LogP contribution in [-0.4, -0.2) is 35.8 Å². The highest BCUT2D eigenvalue weighted by Gasteiger charge is 2.43. The fourth-order valence-corrected chi connectivity index (χ4v) is 1.91. The number of carboxylic acids is 1. The molecule has 1 aromatic carbocycles. The van der Waals surface area contributed by atoms with E-state index in [1.165, 1.54) is 5.56 Å². The summed E-state index contributed by atoms with van der Waals surface area (Å²) in [5.41, 5.74) is 4.87. The second-order valence-corrected chi connectivity index (χ2v) is 5.61. The molecule has 0 aromatic heterocycles. The van der Waals surface area contributed by atoms with E-state index in [1.807, 2.05) is 24.3 Å². The van der Waals surface area contributed by atoms with Crippen LogP contribution < -0.4 is 5.73 Å². The van der Waals surface area contributed by atoms with E-state index in [9.17, 15) is 13.6 Å². The van der Waals surface area contributed by atoms with E-state index < -0.39 is 17.9 Å². The van der Waals surface area contributed by atoms with Gasteiger partial charge in [-0.05, 0) is 29.9 Å². The van der Waals surface area contributed by atoms with E-state index in [1.54, 1.807) is 6.21 Å². The van der Waals surface area contributed by atoms with Gasteiger partial charge in [0.1, 0.15) is 0 Å². The fraction of sp³-hybridized carbons (Fsp3) is 0.500. The highest BCUT2D eigenvalue weighted by atomic mass is 19.3. The first kappa shape index (κ1) is 18.2. The Bertz CT molecular complexity index is 515. The molecule has 1 unspecified atom stereocenters. The number of aliphatic imine (C=N–C) groups is 1. The number of benzene rings is 1. The maximum absolute atomic E-state index is 12.7. The molecule has 0 fully saturated rings. The van der Waals surface area contributed by atoms with Crippen molar-refractivity contribution >= 4 is 12.2 Å². The number of aliphatic carboxylic acids is 1. The number of rotatable bonds is 8. The number of nitrogens with two attached hydrogens (primary N) is 1. The molecule has 1 aromatic rings. The highest BCUT2D eigenvalue weighted by molar-refractivity contribution is 5.80. The van der Waals surface area contributed by atoms with Crippen molar-refractivity contribution in [2.45, 2.75) is 44.6 Å². The molecule has 0 heterocycles. The Morgan fingerprint density at radius 1 is 1.36 bits per heavy atom. The van der Waals surface area contributed by atoms with Gasteiger partial charge in [-0.25, -0.2) is 13.6 Å². The minimum Gasteiger partial charge on any atom is -0.480 e. The van der Waals surface area contributed by atoms with Crippen molar-refractivity contribution in [2.24, 2.45) is 10.7 Å². The average Bonchev–Trinajstić information content (AvgIpc) is 2.46. The van der Waals surface area contributed by atoms with Gasteiger partial charge in [-0.2, -0.15) is 0 Å². The largest absolute Gasteiger partial charge is 0.480 e. The van der Waals surface area contributed by atoms with E-state index in [-0.39, 0.29) is 19.4 Å². The van der Waals surface area contributed by atoms with Crippen molar-refractivity contribution in [2.75, 3.05) is 6.54 Å². The molecule has 0 amide bonds. The van der Waals surface area contributed by atoms with Crippen molar-refractivity contribution < 1.29 is 18.7 Å². The first-order chi connectivity index (χ1) is 10.3. The van der Waals surface area contributed by atoms with E-state index >= 15 is 0 Å². The van der Waals surface area contributed by atoms with Gasteiger partial charge in [0.2, 0.25) is 0 Å². The summed E-state index contributed by atoms with van der Waals surface area (Å²) in [5, 5.41) is 8.76. The van der Waals surface area contributed by atoms with Crippen molar-refractivity contribution in [1.29, 1.82) is 0 Å². The Morgan fingerprint density at radius 2 is 1.95 bits per heavy atom. The minimum atomic E-state index is -3.10. The number of carboxylic acid groups (broad SMARTS) is 1. The van der Waals surface area contributed by atoms with Crippen LogP contribution >= 0.6 is 0 Å². The summed E-state index contributed by atoms with van der Waals surface area (Å²) in [6.07, 6.45) is -1.58. The number of carbonyl (C=O) groups is 1. The summed E-state index contributed by atoms with van der Waals surface area (Å²) < 4.78 is 25.3. The van der Waals surface area contributed by atoms with Gasteiger partial charge in [0.05, 0.1) is 0 Å². The van der Waals surface area contributed by atoms with Gasteiger partial charge >= 0.3 is 5.97 Å². The van der Waals surface area contributed by atoms with E-state index in [0.29, 0.717) is 5.92 Å². The third-order valence-electron chi connectivity index (χ3n) is 3.51. The first-order valence-electron chi connectivity index (χ1n) is 7.17. The smallest absolute Gasteiger partial charge is 0.329 e. The lowest BCUT2D eigenvalue weighted by Gasteiger charge is -2.22. The zero-order valence-corrected chi connectivity index (χ0v) is 12.8. The number of nitrogens with zero attached hydrogens (tertiary/aromatic N) is 1. The van der Waals surface area contributed by atoms with Gasteiger partial charge in [-0.3, -0.25) is 4.99 Å². The molecular weight excluding hydrogens is 290 g/mol. The Kier molecular flexibility index (Phi) is 6.61. The summed E-state index contributed by atoms with van der Waals surface area (Å²) in [7, 11) is 0. The zero-order chi connectivity index (χ0) is 16.8. The summed E-state index contributed by atoms with van der Waals surface area (Å²) in [6, 6.07) is 7.89. The van der Waals surface area contributed by atoms with Crippen molar-refractivity contribution in [3.05, 3.63) is 35.4 Å². The maximum Gasteiger partial charge on any atom is 0.329 e. The predicted octanol–water partition coefficient (Wildman–Crippen LogP) is 3.06. The number of halogens is 2. The number of alkyl halides is 2. The molecular formula is C16H22F2N2O2. The first-order valence-corrected chi connectivity index (χ1v) is 7.17. The molecule has 0 saturated carbocycles. The van der Waals surface area contributed by atoms with Gasteiger partial charge in [-0.15, -0.1) is 0 Å². The minimum absolute atomic E-state index is 0.188. The zero-order valence-electron chi connectivity index (χ0n) is 12.8. The summed E-state index contributed by atoms with van der Waals surface area (Å²) >= 11 is 0. The standard InChI is InChI=1S/C16H22F2N2O2/c1-11(2)13-6-4-12(5-7-13)10-20-9-3-8-16(19,14(17)18)15(21)22/h4-7,10-11,14H,3,8-9,19H2,1-2H3,(H,21,22). The lowest BCUT2D eigenvalue weighted by atomic mass is 9.95. The molecule has 0 aliphatic carbocycles. The third-order valence-corrected chi connectivity index (χ3v) is 3.51. The maximum atomic E-state index is 12.7. The van der Waals surface area contributed by atoms with Gasteiger partial charge in [0, 0.05) is 12.8 Å². The second kappa shape index (κ2) is 7.98. The van der Waals surface area contributed by atoms with E-state index in [4.69, 9.17) is 10.8 Å². The average molecular weight is 312 g/mol. The van der Waals surface area contributed by atoms with Crippen molar-refractivity contribution in [3.8, 4) is 0 Å². The molecule has 0 bridgehead atoms. The topological polar surface area (TPSA) is 75.7 Å². The summed E-state index contributed by atoms with van der Waals surface area (Å²) in [4.78, 5) is 14.9. The molecule has 4 nitrogen and oxygen atoms in total. The Labute approximate surface area is 129 Å². The van der Waals surface area contributed by atoms with Crippen molar-refractivity contribution in [1.82, 2.24) is 0 Å². The van der Waals surface area contributed by atoms with E-state index in [2.05, 4.69) is 18.8 Å². The SMILES string of the molecule is CC(C)c1ccc(C=NCCCC(N)(C(=O)O)C(F)F)cc1. The Balaban J connectivity index is 2.48. The van der Waals surface area contributed by atoms with Gasteiger partial charge in [0.15, 0.2) is 5.54 Å². The Hall–Kier alpha value is -1.82. The van der Waals surface area contributed by atoms with Crippen LogP contribution in [0.25, 0.3) is 0 Å². The number of hydrogen-bond acceptors (Lipinski definition) is 3. The van der Waals surface area contributed by atoms with Crippen LogP contribution in [0.15, 0.2) is 29.3 Å². The molecule has 3 N–H and O–H groups in total. The molecule has 22 heavy (non-hydrogen) atoms. The molecule has 6 heteroatoms. The molecule has 0 aliphatic rings. The van der Waals surface area contributed by atoms with Crippen LogP contribution in [0.3, 0.4) is 0 Å². The molecule has 0 aliphatic heterocycles. The fourth-order valence-electron chi connectivity index (χ4n) is 1.91. The highest BCUT2D eigenvalue weighted by Crippen LogP contribution is 2.19. The lowest BCUT2D eigenvalue weighted by Crippen LogP contribution is -2.54. The van der Waals surface area contributed by atoms with Crippen molar-refractivity contribution in [3.63, 3.8) is 0 Å². The quantitative estimate of drug-likeness (QED) is 0.572. The molecule has 0 radical (unpaired) electrons. The molecule has 122 valence electrons. The van der Waals surface area contributed by atoms with Gasteiger partial charge in [-0.1, -0.05) is 38.1 Å². The molecule has 0 spiro atoms.